The molecule has 0 aliphatic rings. The van der Waals surface area contributed by atoms with E-state index in [0.29, 0.717) is 38.6 Å². The Kier molecular flexibility index (Phi) is 8.86. The molecule has 0 aliphatic heterocycles. The molecule has 2 N–H and O–H groups in total. The second-order valence-electron chi connectivity index (χ2n) is 7.20. The molecule has 9 heteroatoms. The first-order chi connectivity index (χ1) is 14.3. The summed E-state index contributed by atoms with van der Waals surface area (Å²) in [5.41, 5.74) is 4.17. The van der Waals surface area contributed by atoms with E-state index < -0.39 is 10.0 Å². The lowest BCUT2D eigenvalue weighted by Crippen LogP contribution is -2.39. The Labute approximate surface area is 180 Å². The standard InChI is InChI=1S/C21H34N6O2S/c1-6-22-21(23-13-10-14-26(7-2)30(5,28)29)24-16-19-11-8-9-12-20(19)27-18(4)15-17(3)25-27/h8-9,11-12,15H,6-7,10,13-14,16H2,1-5H3,(H2,22,23,24). The summed E-state index contributed by atoms with van der Waals surface area (Å²) >= 11 is 0. The van der Waals surface area contributed by atoms with Gasteiger partial charge in [-0.1, -0.05) is 25.1 Å². The zero-order valence-corrected chi connectivity index (χ0v) is 19.5. The minimum absolute atomic E-state index is 0.482. The van der Waals surface area contributed by atoms with Gasteiger partial charge in [0, 0.05) is 31.9 Å². The van der Waals surface area contributed by atoms with E-state index in [1.165, 1.54) is 10.6 Å². The van der Waals surface area contributed by atoms with Crippen molar-refractivity contribution in [3.05, 3.63) is 47.3 Å². The fraction of sp³-hybridized carbons (Fsp3) is 0.524. The molecule has 0 aliphatic carbocycles. The van der Waals surface area contributed by atoms with Gasteiger partial charge in [0.2, 0.25) is 10.0 Å². The summed E-state index contributed by atoms with van der Waals surface area (Å²) in [6.45, 7) is 10.8. The van der Waals surface area contributed by atoms with E-state index in [4.69, 9.17) is 4.99 Å². The third-order valence-corrected chi connectivity index (χ3v) is 6.06. The summed E-state index contributed by atoms with van der Waals surface area (Å²) in [4.78, 5) is 4.71. The fourth-order valence-corrected chi connectivity index (χ4v) is 4.18. The number of aryl methyl sites for hydroxylation is 2. The van der Waals surface area contributed by atoms with Crippen LogP contribution < -0.4 is 10.6 Å². The van der Waals surface area contributed by atoms with Gasteiger partial charge in [0.25, 0.3) is 0 Å². The quantitative estimate of drug-likeness (QED) is 0.340. The molecule has 0 bridgehead atoms. The lowest BCUT2D eigenvalue weighted by atomic mass is 10.2. The average molecular weight is 435 g/mol. The number of rotatable bonds is 10. The molecule has 0 unspecified atom stereocenters. The lowest BCUT2D eigenvalue weighted by molar-refractivity contribution is 0.424. The van der Waals surface area contributed by atoms with Gasteiger partial charge in [-0.25, -0.2) is 22.4 Å². The highest BCUT2D eigenvalue weighted by atomic mass is 32.2. The third kappa shape index (κ3) is 6.84. The van der Waals surface area contributed by atoms with Crippen LogP contribution in [0.3, 0.4) is 0 Å². The van der Waals surface area contributed by atoms with Crippen LogP contribution in [0.25, 0.3) is 5.69 Å². The van der Waals surface area contributed by atoms with Crippen LogP contribution in [0.2, 0.25) is 0 Å². The second-order valence-corrected chi connectivity index (χ2v) is 9.18. The first kappa shape index (κ1) is 23.9. The fourth-order valence-electron chi connectivity index (χ4n) is 3.25. The van der Waals surface area contributed by atoms with E-state index in [0.717, 1.165) is 29.2 Å². The predicted molar refractivity (Wildman–Crippen MR) is 123 cm³/mol. The van der Waals surface area contributed by atoms with Crippen molar-refractivity contribution in [3.63, 3.8) is 0 Å². The number of hydrogen-bond acceptors (Lipinski definition) is 4. The third-order valence-electron chi connectivity index (χ3n) is 4.68. The number of nitrogens with zero attached hydrogens (tertiary/aromatic N) is 4. The molecule has 0 saturated carbocycles. The van der Waals surface area contributed by atoms with Gasteiger partial charge in [-0.15, -0.1) is 0 Å². The molecule has 166 valence electrons. The van der Waals surface area contributed by atoms with Crippen LogP contribution in [0.5, 0.6) is 0 Å². The average Bonchev–Trinajstić information content (AvgIpc) is 3.03. The zero-order chi connectivity index (χ0) is 22.1. The smallest absolute Gasteiger partial charge is 0.211 e. The minimum atomic E-state index is -3.15. The van der Waals surface area contributed by atoms with Crippen molar-refractivity contribution in [1.82, 2.24) is 24.7 Å². The van der Waals surface area contributed by atoms with Gasteiger partial charge in [-0.05, 0) is 44.9 Å². The molecule has 1 heterocycles. The Hall–Kier alpha value is -2.39. The van der Waals surface area contributed by atoms with Gasteiger partial charge in [-0.2, -0.15) is 5.10 Å². The van der Waals surface area contributed by atoms with Crippen molar-refractivity contribution in [2.45, 2.75) is 40.7 Å². The molecule has 0 radical (unpaired) electrons. The predicted octanol–water partition coefficient (Wildman–Crippen LogP) is 2.22. The van der Waals surface area contributed by atoms with Crippen molar-refractivity contribution >= 4 is 16.0 Å². The maximum Gasteiger partial charge on any atom is 0.211 e. The molecule has 1 aromatic carbocycles. The van der Waals surface area contributed by atoms with E-state index >= 15 is 0 Å². The SMILES string of the molecule is CCNC(=NCc1ccccc1-n1nc(C)cc1C)NCCCN(CC)S(C)(=O)=O. The summed E-state index contributed by atoms with van der Waals surface area (Å²) in [5.74, 6) is 0.711. The highest BCUT2D eigenvalue weighted by Crippen LogP contribution is 2.17. The van der Waals surface area contributed by atoms with Crippen LogP contribution in [0.4, 0.5) is 0 Å². The lowest BCUT2D eigenvalue weighted by Gasteiger charge is -2.18. The summed E-state index contributed by atoms with van der Waals surface area (Å²) in [6, 6.07) is 10.2. The number of hydrogen-bond donors (Lipinski definition) is 2. The normalized spacial score (nSPS) is 12.4. The van der Waals surface area contributed by atoms with Gasteiger partial charge in [0.05, 0.1) is 24.2 Å². The number of benzene rings is 1. The molecule has 0 saturated heterocycles. The topological polar surface area (TPSA) is 91.6 Å². The van der Waals surface area contributed by atoms with Crippen molar-refractivity contribution < 1.29 is 8.42 Å². The van der Waals surface area contributed by atoms with E-state index in [-0.39, 0.29) is 0 Å². The molecular weight excluding hydrogens is 400 g/mol. The van der Waals surface area contributed by atoms with Gasteiger partial charge < -0.3 is 10.6 Å². The molecule has 1 aromatic heterocycles. The van der Waals surface area contributed by atoms with E-state index in [9.17, 15) is 8.42 Å². The number of sulfonamides is 1. The first-order valence-corrected chi connectivity index (χ1v) is 12.2. The number of para-hydroxylation sites is 1. The summed E-state index contributed by atoms with van der Waals surface area (Å²) in [5, 5.41) is 11.1. The number of nitrogens with one attached hydrogen (secondary N) is 2. The van der Waals surface area contributed by atoms with Crippen LogP contribution in [0, 0.1) is 13.8 Å². The summed E-state index contributed by atoms with van der Waals surface area (Å²) in [6.07, 6.45) is 1.95. The zero-order valence-electron chi connectivity index (χ0n) is 18.6. The molecule has 0 atom stereocenters. The molecule has 30 heavy (non-hydrogen) atoms. The Morgan fingerprint density at radius 1 is 1.20 bits per heavy atom. The van der Waals surface area contributed by atoms with Crippen molar-refractivity contribution in [3.8, 4) is 5.69 Å². The molecule has 8 nitrogen and oxygen atoms in total. The summed E-state index contributed by atoms with van der Waals surface area (Å²) < 4.78 is 26.8. The Morgan fingerprint density at radius 3 is 2.53 bits per heavy atom. The minimum Gasteiger partial charge on any atom is -0.357 e. The van der Waals surface area contributed by atoms with Gasteiger partial charge in [-0.3, -0.25) is 0 Å². The van der Waals surface area contributed by atoms with Gasteiger partial charge in [0.1, 0.15) is 0 Å². The number of guanidine groups is 1. The Morgan fingerprint density at radius 2 is 1.93 bits per heavy atom. The molecule has 0 amide bonds. The maximum absolute atomic E-state index is 11.7. The van der Waals surface area contributed by atoms with Crippen LogP contribution in [0.15, 0.2) is 35.3 Å². The van der Waals surface area contributed by atoms with Crippen LogP contribution in [-0.2, 0) is 16.6 Å². The Bertz CT molecular complexity index is 952. The Balaban J connectivity index is 2.04. The highest BCUT2D eigenvalue weighted by molar-refractivity contribution is 7.88. The van der Waals surface area contributed by atoms with Crippen LogP contribution >= 0.6 is 0 Å². The van der Waals surface area contributed by atoms with Crippen molar-refractivity contribution in [1.29, 1.82) is 0 Å². The molecular formula is C21H34N6O2S. The molecule has 0 spiro atoms. The number of aromatic nitrogens is 2. The maximum atomic E-state index is 11.7. The molecule has 0 fully saturated rings. The van der Waals surface area contributed by atoms with E-state index in [1.807, 2.05) is 44.5 Å². The first-order valence-electron chi connectivity index (χ1n) is 10.3. The molecule has 2 rings (SSSR count). The largest absolute Gasteiger partial charge is 0.357 e. The van der Waals surface area contributed by atoms with E-state index in [1.54, 1.807) is 0 Å². The monoisotopic (exact) mass is 434 g/mol. The number of aliphatic imine (C=N–C) groups is 1. The van der Waals surface area contributed by atoms with Crippen molar-refractivity contribution in [2.24, 2.45) is 4.99 Å². The van der Waals surface area contributed by atoms with Crippen LogP contribution in [-0.4, -0.2) is 60.9 Å². The highest BCUT2D eigenvalue weighted by Gasteiger charge is 2.13. The van der Waals surface area contributed by atoms with Crippen LogP contribution in [0.1, 0.15) is 37.2 Å². The van der Waals surface area contributed by atoms with Gasteiger partial charge >= 0.3 is 0 Å². The van der Waals surface area contributed by atoms with Crippen molar-refractivity contribution in [2.75, 3.05) is 32.4 Å². The molecule has 2 aromatic rings. The van der Waals surface area contributed by atoms with E-state index in [2.05, 4.69) is 33.9 Å². The second kappa shape index (κ2) is 11.1. The summed E-state index contributed by atoms with van der Waals surface area (Å²) in [7, 11) is -3.15. The van der Waals surface area contributed by atoms with Gasteiger partial charge in [0.15, 0.2) is 5.96 Å².